The monoisotopic (exact) mass is 194 g/mol. The predicted octanol–water partition coefficient (Wildman–Crippen LogP) is -2.57. The van der Waals surface area contributed by atoms with Gasteiger partial charge in [0.05, 0.1) is 6.61 Å². The summed E-state index contributed by atoms with van der Waals surface area (Å²) in [7, 11) is 1.30. The van der Waals surface area contributed by atoms with Gasteiger partial charge in [-0.15, -0.1) is 0 Å². The third-order valence-electron chi connectivity index (χ3n) is 2.08. The first-order chi connectivity index (χ1) is 6.11. The summed E-state index contributed by atoms with van der Waals surface area (Å²) < 4.78 is 9.65. The molecule has 1 aliphatic heterocycles. The van der Waals surface area contributed by atoms with E-state index in [1.807, 2.05) is 0 Å². The molecule has 78 valence electrons. The Bertz CT molecular complexity index is 143. The van der Waals surface area contributed by atoms with Gasteiger partial charge in [0.25, 0.3) is 0 Å². The summed E-state index contributed by atoms with van der Waals surface area (Å²) in [6, 6.07) is 0. The summed E-state index contributed by atoms with van der Waals surface area (Å²) in [5.41, 5.74) is 0. The molecule has 13 heavy (non-hydrogen) atoms. The van der Waals surface area contributed by atoms with E-state index in [2.05, 4.69) is 0 Å². The van der Waals surface area contributed by atoms with Crippen LogP contribution in [0.3, 0.4) is 0 Å². The van der Waals surface area contributed by atoms with Crippen LogP contribution in [0.2, 0.25) is 0 Å². The van der Waals surface area contributed by atoms with E-state index in [1.54, 1.807) is 0 Å². The molecule has 0 spiro atoms. The minimum atomic E-state index is -1.36. The molecule has 6 nitrogen and oxygen atoms in total. The van der Waals surface area contributed by atoms with Crippen LogP contribution in [-0.2, 0) is 9.47 Å². The first kappa shape index (κ1) is 10.8. The van der Waals surface area contributed by atoms with Crippen LogP contribution in [0.25, 0.3) is 0 Å². The van der Waals surface area contributed by atoms with Crippen LogP contribution in [0.4, 0.5) is 0 Å². The standard InChI is InChI=1S/C7H14O6/c1-12-7-6(11)5(10)4(9)3(2-8)13-7/h3-11H,2H2,1H3/t3?,4-,5+,6?,7-/m1/s1. The van der Waals surface area contributed by atoms with Crippen LogP contribution < -0.4 is 0 Å². The molecule has 5 atom stereocenters. The summed E-state index contributed by atoms with van der Waals surface area (Å²) in [4.78, 5) is 0. The van der Waals surface area contributed by atoms with Gasteiger partial charge < -0.3 is 29.9 Å². The molecular weight excluding hydrogens is 180 g/mol. The first-order valence-corrected chi connectivity index (χ1v) is 3.95. The summed E-state index contributed by atoms with van der Waals surface area (Å²) in [5, 5.41) is 36.6. The Morgan fingerprint density at radius 3 is 2.23 bits per heavy atom. The molecule has 0 aromatic carbocycles. The Balaban J connectivity index is 2.66. The van der Waals surface area contributed by atoms with E-state index >= 15 is 0 Å². The maximum Gasteiger partial charge on any atom is 0.186 e. The van der Waals surface area contributed by atoms with Crippen molar-refractivity contribution >= 4 is 0 Å². The second-order valence-electron chi connectivity index (χ2n) is 2.93. The Morgan fingerprint density at radius 2 is 1.77 bits per heavy atom. The van der Waals surface area contributed by atoms with Crippen molar-refractivity contribution in [2.24, 2.45) is 0 Å². The van der Waals surface area contributed by atoms with Gasteiger partial charge in [-0.2, -0.15) is 0 Å². The largest absolute Gasteiger partial charge is 0.394 e. The average molecular weight is 194 g/mol. The molecule has 2 unspecified atom stereocenters. The molecule has 0 aromatic heterocycles. The second kappa shape index (κ2) is 4.32. The molecule has 0 aliphatic carbocycles. The number of rotatable bonds is 2. The van der Waals surface area contributed by atoms with Crippen LogP contribution in [-0.4, -0.2) is 64.8 Å². The number of ether oxygens (including phenoxy) is 2. The Labute approximate surface area is 75.3 Å². The summed E-state index contributed by atoms with van der Waals surface area (Å²) in [5.74, 6) is 0. The lowest BCUT2D eigenvalue weighted by Gasteiger charge is -2.38. The molecule has 0 bridgehead atoms. The zero-order valence-electron chi connectivity index (χ0n) is 7.20. The zero-order valence-corrected chi connectivity index (χ0v) is 7.20. The normalized spacial score (nSPS) is 46.4. The minimum absolute atomic E-state index is 0.440. The van der Waals surface area contributed by atoms with Crippen molar-refractivity contribution in [1.82, 2.24) is 0 Å². The van der Waals surface area contributed by atoms with Crippen LogP contribution in [0, 0.1) is 0 Å². The van der Waals surface area contributed by atoms with Crippen LogP contribution in [0.15, 0.2) is 0 Å². The van der Waals surface area contributed by atoms with Gasteiger partial charge in [0, 0.05) is 7.11 Å². The van der Waals surface area contributed by atoms with Crippen molar-refractivity contribution in [3.63, 3.8) is 0 Å². The van der Waals surface area contributed by atoms with Crippen molar-refractivity contribution in [1.29, 1.82) is 0 Å². The highest BCUT2D eigenvalue weighted by atomic mass is 16.7. The van der Waals surface area contributed by atoms with E-state index in [0.29, 0.717) is 0 Å². The zero-order chi connectivity index (χ0) is 10.0. The quantitative estimate of drug-likeness (QED) is 0.386. The highest BCUT2D eigenvalue weighted by Crippen LogP contribution is 2.20. The molecule has 1 heterocycles. The topological polar surface area (TPSA) is 99.4 Å². The van der Waals surface area contributed by atoms with Crippen molar-refractivity contribution < 1.29 is 29.9 Å². The van der Waals surface area contributed by atoms with Crippen LogP contribution in [0.5, 0.6) is 0 Å². The van der Waals surface area contributed by atoms with E-state index in [-0.39, 0.29) is 0 Å². The summed E-state index contributed by atoms with van der Waals surface area (Å²) >= 11 is 0. The van der Waals surface area contributed by atoms with Gasteiger partial charge >= 0.3 is 0 Å². The van der Waals surface area contributed by atoms with Gasteiger partial charge in [0.1, 0.15) is 24.4 Å². The predicted molar refractivity (Wildman–Crippen MR) is 40.8 cm³/mol. The number of methoxy groups -OCH3 is 1. The SMILES string of the molecule is CO[C@@H]1OC(CO)[C@@H](O)[C@H](O)C1O. The molecule has 1 aliphatic rings. The van der Waals surface area contributed by atoms with Gasteiger partial charge in [-0.1, -0.05) is 0 Å². The third kappa shape index (κ3) is 1.98. The summed E-state index contributed by atoms with van der Waals surface area (Å²) in [6.07, 6.45) is -5.91. The Hall–Kier alpha value is -0.240. The molecule has 0 saturated carbocycles. The first-order valence-electron chi connectivity index (χ1n) is 3.95. The van der Waals surface area contributed by atoms with E-state index in [1.165, 1.54) is 7.11 Å². The molecule has 1 rings (SSSR count). The fraction of sp³-hybridized carbons (Fsp3) is 1.00. The lowest BCUT2D eigenvalue weighted by molar-refractivity contribution is -0.294. The molecule has 0 aromatic rings. The van der Waals surface area contributed by atoms with E-state index in [9.17, 15) is 15.3 Å². The smallest absolute Gasteiger partial charge is 0.186 e. The van der Waals surface area contributed by atoms with Gasteiger partial charge in [-0.3, -0.25) is 0 Å². The lowest BCUT2D eigenvalue weighted by Crippen LogP contribution is -2.58. The van der Waals surface area contributed by atoms with E-state index < -0.39 is 37.3 Å². The number of aliphatic hydroxyl groups excluding tert-OH is 4. The molecule has 4 N–H and O–H groups in total. The fourth-order valence-corrected chi connectivity index (χ4v) is 1.26. The molecule has 1 saturated heterocycles. The number of hydrogen-bond donors (Lipinski definition) is 4. The molecule has 0 amide bonds. The fourth-order valence-electron chi connectivity index (χ4n) is 1.26. The average Bonchev–Trinajstić information content (AvgIpc) is 2.15. The van der Waals surface area contributed by atoms with Gasteiger partial charge in [-0.05, 0) is 0 Å². The van der Waals surface area contributed by atoms with Crippen molar-refractivity contribution in [3.8, 4) is 0 Å². The molecule has 6 heteroatoms. The van der Waals surface area contributed by atoms with Crippen molar-refractivity contribution in [2.75, 3.05) is 13.7 Å². The minimum Gasteiger partial charge on any atom is -0.394 e. The maximum atomic E-state index is 9.28. The number of hydrogen-bond acceptors (Lipinski definition) is 6. The Kier molecular flexibility index (Phi) is 3.60. The molecule has 1 fully saturated rings. The van der Waals surface area contributed by atoms with Crippen molar-refractivity contribution in [3.05, 3.63) is 0 Å². The highest BCUT2D eigenvalue weighted by molar-refractivity contribution is 4.88. The summed E-state index contributed by atoms with van der Waals surface area (Å²) in [6.45, 7) is -0.440. The van der Waals surface area contributed by atoms with Crippen LogP contribution in [0.1, 0.15) is 0 Å². The maximum absolute atomic E-state index is 9.28. The van der Waals surface area contributed by atoms with Crippen molar-refractivity contribution in [2.45, 2.75) is 30.7 Å². The van der Waals surface area contributed by atoms with Crippen LogP contribution >= 0.6 is 0 Å². The molecular formula is C7H14O6. The number of aliphatic hydroxyl groups is 4. The van der Waals surface area contributed by atoms with E-state index in [0.717, 1.165) is 0 Å². The highest BCUT2D eigenvalue weighted by Gasteiger charge is 2.43. The second-order valence-corrected chi connectivity index (χ2v) is 2.93. The molecule has 0 radical (unpaired) electrons. The van der Waals surface area contributed by atoms with Gasteiger partial charge in [-0.25, -0.2) is 0 Å². The lowest BCUT2D eigenvalue weighted by atomic mass is 9.99. The third-order valence-corrected chi connectivity index (χ3v) is 2.08. The Morgan fingerprint density at radius 1 is 1.15 bits per heavy atom. The van der Waals surface area contributed by atoms with Gasteiger partial charge in [0.2, 0.25) is 0 Å². The van der Waals surface area contributed by atoms with E-state index in [4.69, 9.17) is 14.6 Å². The van der Waals surface area contributed by atoms with Gasteiger partial charge in [0.15, 0.2) is 6.29 Å².